The summed E-state index contributed by atoms with van der Waals surface area (Å²) in [6.07, 6.45) is 1.87. The van der Waals surface area contributed by atoms with Gasteiger partial charge in [-0.1, -0.05) is 25.1 Å². The number of hydrogen-bond donors (Lipinski definition) is 1. The van der Waals surface area contributed by atoms with Gasteiger partial charge in [-0.05, 0) is 35.7 Å². The first-order valence-electron chi connectivity index (χ1n) is 8.00. The van der Waals surface area contributed by atoms with Crippen molar-refractivity contribution in [1.29, 1.82) is 0 Å². The van der Waals surface area contributed by atoms with E-state index >= 15 is 0 Å². The fraction of sp³-hybridized carbons (Fsp3) is 0.294. The van der Waals surface area contributed by atoms with E-state index in [1.54, 1.807) is 4.52 Å². The second-order valence-corrected chi connectivity index (χ2v) is 6.15. The summed E-state index contributed by atoms with van der Waals surface area (Å²) in [6.45, 7) is 4.94. The van der Waals surface area contributed by atoms with E-state index in [1.807, 2.05) is 36.1 Å². The molecule has 7 nitrogen and oxygen atoms in total. The number of nitrogens with zero attached hydrogens (tertiary/aromatic N) is 6. The number of imidazole rings is 1. The lowest BCUT2D eigenvalue weighted by Crippen LogP contribution is -2.06. The highest BCUT2D eigenvalue weighted by molar-refractivity contribution is 5.75. The van der Waals surface area contributed by atoms with Crippen LogP contribution in [0.25, 0.3) is 16.7 Å². The van der Waals surface area contributed by atoms with Gasteiger partial charge in [0, 0.05) is 7.05 Å². The van der Waals surface area contributed by atoms with Crippen molar-refractivity contribution in [1.82, 2.24) is 29.6 Å². The van der Waals surface area contributed by atoms with Crippen LogP contribution >= 0.6 is 0 Å². The van der Waals surface area contributed by atoms with E-state index in [2.05, 4.69) is 51.7 Å². The average Bonchev–Trinajstić information content (AvgIpc) is 3.18. The van der Waals surface area contributed by atoms with Crippen molar-refractivity contribution in [3.8, 4) is 0 Å². The van der Waals surface area contributed by atoms with E-state index in [9.17, 15) is 0 Å². The van der Waals surface area contributed by atoms with Crippen LogP contribution in [0, 0.1) is 0 Å². The van der Waals surface area contributed by atoms with Crippen molar-refractivity contribution in [2.24, 2.45) is 0 Å². The normalized spacial score (nSPS) is 11.7. The zero-order chi connectivity index (χ0) is 16.7. The summed E-state index contributed by atoms with van der Waals surface area (Å²) in [5.74, 6) is 1.27. The lowest BCUT2D eigenvalue weighted by Gasteiger charge is -2.06. The van der Waals surface area contributed by atoms with Crippen molar-refractivity contribution < 1.29 is 0 Å². The lowest BCUT2D eigenvalue weighted by molar-refractivity contribution is 0.645. The molecule has 0 spiro atoms. The molecule has 0 aliphatic heterocycles. The van der Waals surface area contributed by atoms with E-state index < -0.39 is 0 Å². The minimum Gasteiger partial charge on any atom is -0.372 e. The largest absolute Gasteiger partial charge is 0.372 e. The molecule has 24 heavy (non-hydrogen) atoms. The van der Waals surface area contributed by atoms with Crippen molar-refractivity contribution in [2.75, 3.05) is 12.4 Å². The fourth-order valence-corrected chi connectivity index (χ4v) is 2.74. The molecule has 7 heteroatoms. The van der Waals surface area contributed by atoms with E-state index in [1.165, 1.54) is 5.56 Å². The molecule has 1 N–H and O–H groups in total. The molecule has 0 unspecified atom stereocenters. The van der Waals surface area contributed by atoms with E-state index in [0.717, 1.165) is 28.2 Å². The summed E-state index contributed by atoms with van der Waals surface area (Å²) >= 11 is 0. The molecule has 0 fully saturated rings. The van der Waals surface area contributed by atoms with Gasteiger partial charge in [-0.3, -0.25) is 0 Å². The molecule has 4 rings (SSSR count). The van der Waals surface area contributed by atoms with Gasteiger partial charge in [0.05, 0.1) is 24.0 Å². The predicted molar refractivity (Wildman–Crippen MR) is 93.3 cm³/mol. The van der Waals surface area contributed by atoms with Gasteiger partial charge in [0.1, 0.15) is 11.3 Å². The van der Waals surface area contributed by atoms with Crippen LogP contribution in [-0.4, -0.2) is 36.6 Å². The van der Waals surface area contributed by atoms with Crippen LogP contribution in [0.2, 0.25) is 0 Å². The molecule has 3 heterocycles. The summed E-state index contributed by atoms with van der Waals surface area (Å²) in [4.78, 5) is 4.40. The van der Waals surface area contributed by atoms with Gasteiger partial charge in [0.25, 0.3) is 0 Å². The molecule has 0 saturated carbocycles. The van der Waals surface area contributed by atoms with E-state index in [0.29, 0.717) is 12.5 Å². The minimum absolute atomic E-state index is 0.470. The Morgan fingerprint density at radius 2 is 2.04 bits per heavy atom. The first-order chi connectivity index (χ1) is 11.6. The van der Waals surface area contributed by atoms with Crippen molar-refractivity contribution in [3.05, 3.63) is 47.8 Å². The molecule has 4 aromatic rings. The number of fused-ring (bicyclic) bond motifs is 2. The zero-order valence-electron chi connectivity index (χ0n) is 13.9. The summed E-state index contributed by atoms with van der Waals surface area (Å²) in [6, 6.07) is 10.2. The van der Waals surface area contributed by atoms with Crippen molar-refractivity contribution >= 4 is 22.5 Å². The fourth-order valence-electron chi connectivity index (χ4n) is 2.74. The SMILES string of the molecule is CNc1cn2nc(Cn3nnc4ccc(C(C)C)cc43)ccc2n1. The number of anilines is 1. The van der Waals surface area contributed by atoms with Gasteiger partial charge < -0.3 is 5.32 Å². The molecule has 0 saturated heterocycles. The number of hydrogen-bond acceptors (Lipinski definition) is 5. The molecular formula is C17H19N7. The first kappa shape index (κ1) is 14.6. The standard InChI is InChI=1S/C17H19N7/c1-11(2)12-4-6-14-15(8-12)23(22-20-14)9-13-5-7-17-19-16(18-3)10-24(17)21-13/h4-8,10-11,18H,9H2,1-3H3. The summed E-state index contributed by atoms with van der Waals surface area (Å²) in [7, 11) is 1.84. The molecule has 0 radical (unpaired) electrons. The minimum atomic E-state index is 0.470. The Labute approximate surface area is 139 Å². The molecule has 0 aliphatic carbocycles. The number of rotatable bonds is 4. The van der Waals surface area contributed by atoms with Crippen LogP contribution in [0.4, 0.5) is 5.82 Å². The van der Waals surface area contributed by atoms with Crippen LogP contribution in [0.15, 0.2) is 36.5 Å². The second-order valence-electron chi connectivity index (χ2n) is 6.15. The van der Waals surface area contributed by atoms with Crippen LogP contribution in [0.3, 0.4) is 0 Å². The van der Waals surface area contributed by atoms with Gasteiger partial charge in [-0.25, -0.2) is 14.2 Å². The van der Waals surface area contributed by atoms with Gasteiger partial charge >= 0.3 is 0 Å². The maximum atomic E-state index is 4.61. The monoisotopic (exact) mass is 321 g/mol. The Kier molecular flexibility index (Phi) is 3.41. The average molecular weight is 321 g/mol. The zero-order valence-corrected chi connectivity index (χ0v) is 13.9. The van der Waals surface area contributed by atoms with E-state index in [-0.39, 0.29) is 0 Å². The number of aromatic nitrogens is 6. The molecule has 3 aromatic heterocycles. The molecule has 122 valence electrons. The van der Waals surface area contributed by atoms with Crippen LogP contribution < -0.4 is 5.32 Å². The third kappa shape index (κ3) is 2.47. The maximum absolute atomic E-state index is 4.61. The van der Waals surface area contributed by atoms with Gasteiger partial charge in [0.2, 0.25) is 0 Å². The maximum Gasteiger partial charge on any atom is 0.156 e. The smallest absolute Gasteiger partial charge is 0.156 e. The Morgan fingerprint density at radius 1 is 1.17 bits per heavy atom. The predicted octanol–water partition coefficient (Wildman–Crippen LogP) is 2.69. The molecule has 0 amide bonds. The summed E-state index contributed by atoms with van der Waals surface area (Å²) < 4.78 is 3.67. The highest BCUT2D eigenvalue weighted by atomic mass is 15.4. The van der Waals surface area contributed by atoms with Crippen LogP contribution in [0.5, 0.6) is 0 Å². The third-order valence-corrected chi connectivity index (χ3v) is 4.15. The van der Waals surface area contributed by atoms with Gasteiger partial charge in [0.15, 0.2) is 5.65 Å². The topological polar surface area (TPSA) is 72.9 Å². The highest BCUT2D eigenvalue weighted by Crippen LogP contribution is 2.20. The van der Waals surface area contributed by atoms with Gasteiger partial charge in [-0.2, -0.15) is 5.10 Å². The first-order valence-corrected chi connectivity index (χ1v) is 8.00. The Hall–Kier alpha value is -2.96. The quantitative estimate of drug-likeness (QED) is 0.625. The molecule has 0 atom stereocenters. The molecular weight excluding hydrogens is 302 g/mol. The second kappa shape index (κ2) is 5.59. The number of nitrogens with one attached hydrogen (secondary N) is 1. The Morgan fingerprint density at radius 3 is 2.83 bits per heavy atom. The van der Waals surface area contributed by atoms with Crippen molar-refractivity contribution in [2.45, 2.75) is 26.3 Å². The van der Waals surface area contributed by atoms with Crippen LogP contribution in [-0.2, 0) is 6.54 Å². The third-order valence-electron chi connectivity index (χ3n) is 4.15. The molecule has 0 aliphatic rings. The van der Waals surface area contributed by atoms with Gasteiger partial charge in [-0.15, -0.1) is 5.10 Å². The molecule has 1 aromatic carbocycles. The lowest BCUT2D eigenvalue weighted by atomic mass is 10.0. The highest BCUT2D eigenvalue weighted by Gasteiger charge is 2.09. The van der Waals surface area contributed by atoms with Crippen LogP contribution in [0.1, 0.15) is 31.0 Å². The van der Waals surface area contributed by atoms with E-state index in [4.69, 9.17) is 0 Å². The summed E-state index contributed by atoms with van der Waals surface area (Å²) in [5, 5.41) is 16.2. The molecule has 0 bridgehead atoms. The Balaban J connectivity index is 1.71. The summed E-state index contributed by atoms with van der Waals surface area (Å²) in [5.41, 5.74) is 4.94. The van der Waals surface area contributed by atoms with Crippen molar-refractivity contribution in [3.63, 3.8) is 0 Å². The number of benzene rings is 1. The Bertz CT molecular complexity index is 1010.